The van der Waals surface area contributed by atoms with Crippen LogP contribution in [0.15, 0.2) is 24.9 Å². The molecule has 0 aliphatic heterocycles. The molecule has 1 aromatic heterocycles. The summed E-state index contributed by atoms with van der Waals surface area (Å²) in [7, 11) is 5.38. The number of hydrogen-bond donors (Lipinski definition) is 1. The minimum Gasteiger partial charge on any atom is -0.384 e. The first-order valence-electron chi connectivity index (χ1n) is 3.34. The molecule has 0 aliphatic carbocycles. The molecule has 2 N–H and O–H groups in total. The Labute approximate surface area is 67.5 Å². The molecule has 0 spiro atoms. The highest BCUT2D eigenvalue weighted by Crippen LogP contribution is 2.14. The van der Waals surface area contributed by atoms with Crippen LogP contribution in [-0.2, 0) is 0 Å². The van der Waals surface area contributed by atoms with Crippen LogP contribution in [0.25, 0.3) is 5.57 Å². The van der Waals surface area contributed by atoms with Crippen molar-refractivity contribution < 1.29 is 0 Å². The van der Waals surface area contributed by atoms with Gasteiger partial charge in [0.15, 0.2) is 0 Å². The van der Waals surface area contributed by atoms with Gasteiger partial charge in [0, 0.05) is 6.20 Å². The van der Waals surface area contributed by atoms with E-state index in [2.05, 4.69) is 11.6 Å². The Bertz CT molecular complexity index is 253. The average molecular weight is 144 g/mol. The van der Waals surface area contributed by atoms with Gasteiger partial charge in [0.1, 0.15) is 5.82 Å². The standard InChI is InChI=1S/C8H9BN2/c1-6(4-9)7-2-3-8(10)11-5-7/h2-3,5H,1,4H2,(H2,10,11). The van der Waals surface area contributed by atoms with Crippen molar-refractivity contribution in [1.82, 2.24) is 4.98 Å². The summed E-state index contributed by atoms with van der Waals surface area (Å²) in [6.07, 6.45) is 2.12. The highest BCUT2D eigenvalue weighted by atomic mass is 14.8. The minimum atomic E-state index is 0.450. The molecule has 0 atom stereocenters. The molecule has 2 radical (unpaired) electrons. The first-order valence-corrected chi connectivity index (χ1v) is 3.34. The maximum atomic E-state index is 5.40. The summed E-state index contributed by atoms with van der Waals surface area (Å²) in [5, 5.41) is 0. The summed E-state index contributed by atoms with van der Waals surface area (Å²) in [6, 6.07) is 3.59. The van der Waals surface area contributed by atoms with Crippen LogP contribution in [0.4, 0.5) is 5.82 Å². The topological polar surface area (TPSA) is 38.9 Å². The molecule has 0 saturated carbocycles. The van der Waals surface area contributed by atoms with Crippen LogP contribution in [0.2, 0.25) is 6.32 Å². The van der Waals surface area contributed by atoms with E-state index in [1.165, 1.54) is 0 Å². The largest absolute Gasteiger partial charge is 0.384 e. The van der Waals surface area contributed by atoms with Gasteiger partial charge >= 0.3 is 0 Å². The van der Waals surface area contributed by atoms with Gasteiger partial charge in [-0.25, -0.2) is 4.98 Å². The Morgan fingerprint density at radius 2 is 2.36 bits per heavy atom. The summed E-state index contributed by atoms with van der Waals surface area (Å²) in [5.41, 5.74) is 7.21. The monoisotopic (exact) mass is 144 g/mol. The van der Waals surface area contributed by atoms with Crippen LogP contribution >= 0.6 is 0 Å². The van der Waals surface area contributed by atoms with E-state index in [1.807, 2.05) is 6.07 Å². The number of hydrogen-bond acceptors (Lipinski definition) is 2. The zero-order valence-corrected chi connectivity index (χ0v) is 6.25. The van der Waals surface area contributed by atoms with Gasteiger partial charge in [-0.3, -0.25) is 0 Å². The maximum Gasteiger partial charge on any atom is 0.123 e. The Morgan fingerprint density at radius 3 is 2.82 bits per heavy atom. The Balaban J connectivity index is 2.90. The lowest BCUT2D eigenvalue weighted by molar-refractivity contribution is 1.31. The number of rotatable bonds is 2. The van der Waals surface area contributed by atoms with Gasteiger partial charge in [-0.05, 0) is 17.7 Å². The van der Waals surface area contributed by atoms with Gasteiger partial charge in [-0.15, -0.1) is 0 Å². The van der Waals surface area contributed by atoms with E-state index in [1.54, 1.807) is 12.3 Å². The van der Waals surface area contributed by atoms with Crippen LogP contribution in [0.5, 0.6) is 0 Å². The van der Waals surface area contributed by atoms with Gasteiger partial charge < -0.3 is 5.73 Å². The van der Waals surface area contributed by atoms with E-state index >= 15 is 0 Å². The number of allylic oxidation sites excluding steroid dienone is 1. The molecule has 0 aliphatic rings. The molecule has 54 valence electrons. The second-order valence-corrected chi connectivity index (χ2v) is 2.28. The second-order valence-electron chi connectivity index (χ2n) is 2.28. The van der Waals surface area contributed by atoms with Gasteiger partial charge in [0.25, 0.3) is 0 Å². The third-order valence-electron chi connectivity index (χ3n) is 1.44. The number of pyridine rings is 1. The number of nitrogens with zero attached hydrogens (tertiary/aromatic N) is 1. The lowest BCUT2D eigenvalue weighted by Gasteiger charge is -2.00. The predicted octanol–water partition coefficient (Wildman–Crippen LogP) is 1.26. The van der Waals surface area contributed by atoms with E-state index in [-0.39, 0.29) is 0 Å². The van der Waals surface area contributed by atoms with Crippen LogP contribution in [0.3, 0.4) is 0 Å². The molecular weight excluding hydrogens is 135 g/mol. The fraction of sp³-hybridized carbons (Fsp3) is 0.125. The zero-order chi connectivity index (χ0) is 8.27. The number of nitrogen functional groups attached to an aromatic ring is 1. The summed E-state index contributed by atoms with van der Waals surface area (Å²) < 4.78 is 0. The molecule has 0 fully saturated rings. The van der Waals surface area contributed by atoms with E-state index in [0.29, 0.717) is 12.1 Å². The van der Waals surface area contributed by atoms with Crippen molar-refractivity contribution in [1.29, 1.82) is 0 Å². The third-order valence-corrected chi connectivity index (χ3v) is 1.44. The molecule has 1 aromatic rings. The molecule has 0 saturated heterocycles. The fourth-order valence-corrected chi connectivity index (χ4v) is 0.732. The number of aromatic nitrogens is 1. The Morgan fingerprint density at radius 1 is 1.64 bits per heavy atom. The SMILES string of the molecule is [B]CC(=C)c1ccc(N)nc1. The lowest BCUT2D eigenvalue weighted by Crippen LogP contribution is -1.90. The van der Waals surface area contributed by atoms with Crippen LogP contribution in [-0.4, -0.2) is 12.8 Å². The molecule has 0 bridgehead atoms. The molecule has 11 heavy (non-hydrogen) atoms. The van der Waals surface area contributed by atoms with Crippen molar-refractivity contribution in [2.45, 2.75) is 6.32 Å². The molecule has 1 heterocycles. The first kappa shape index (κ1) is 7.86. The van der Waals surface area contributed by atoms with E-state index in [0.717, 1.165) is 11.1 Å². The molecular formula is C8H9BN2. The zero-order valence-electron chi connectivity index (χ0n) is 6.25. The number of nitrogens with two attached hydrogens (primary N) is 1. The van der Waals surface area contributed by atoms with Crippen molar-refractivity contribution >= 4 is 19.2 Å². The van der Waals surface area contributed by atoms with Crippen molar-refractivity contribution in [3.63, 3.8) is 0 Å². The smallest absolute Gasteiger partial charge is 0.123 e. The van der Waals surface area contributed by atoms with Crippen molar-refractivity contribution in [3.8, 4) is 0 Å². The first-order chi connectivity index (χ1) is 5.24. The van der Waals surface area contributed by atoms with Crippen LogP contribution in [0, 0.1) is 0 Å². The van der Waals surface area contributed by atoms with Crippen LogP contribution in [0.1, 0.15) is 5.56 Å². The van der Waals surface area contributed by atoms with Crippen molar-refractivity contribution in [2.75, 3.05) is 5.73 Å². The molecule has 0 amide bonds. The van der Waals surface area contributed by atoms with Gasteiger partial charge in [0.2, 0.25) is 0 Å². The van der Waals surface area contributed by atoms with E-state index in [9.17, 15) is 0 Å². The molecule has 1 rings (SSSR count). The normalized spacial score (nSPS) is 9.45. The molecule has 0 aromatic carbocycles. The third kappa shape index (κ3) is 1.83. The minimum absolute atomic E-state index is 0.450. The van der Waals surface area contributed by atoms with Crippen molar-refractivity contribution in [2.24, 2.45) is 0 Å². The quantitative estimate of drug-likeness (QED) is 0.634. The molecule has 3 heteroatoms. The highest BCUT2D eigenvalue weighted by molar-refractivity contribution is 6.14. The van der Waals surface area contributed by atoms with E-state index in [4.69, 9.17) is 13.6 Å². The summed E-state index contributed by atoms with van der Waals surface area (Å²) >= 11 is 0. The van der Waals surface area contributed by atoms with E-state index < -0.39 is 0 Å². The van der Waals surface area contributed by atoms with Gasteiger partial charge in [-0.1, -0.05) is 18.5 Å². The van der Waals surface area contributed by atoms with Crippen molar-refractivity contribution in [3.05, 3.63) is 30.5 Å². The second kappa shape index (κ2) is 3.24. The van der Waals surface area contributed by atoms with Gasteiger partial charge in [0.05, 0.1) is 7.85 Å². The Kier molecular flexibility index (Phi) is 2.31. The average Bonchev–Trinajstić information content (AvgIpc) is 2.05. The molecule has 0 unspecified atom stereocenters. The summed E-state index contributed by atoms with van der Waals surface area (Å²) in [4.78, 5) is 3.91. The lowest BCUT2D eigenvalue weighted by atomic mass is 9.94. The molecule has 2 nitrogen and oxygen atoms in total. The highest BCUT2D eigenvalue weighted by Gasteiger charge is 1.94. The van der Waals surface area contributed by atoms with Gasteiger partial charge in [-0.2, -0.15) is 0 Å². The summed E-state index contributed by atoms with van der Waals surface area (Å²) in [5.74, 6) is 0.513. The van der Waals surface area contributed by atoms with Crippen LogP contribution < -0.4 is 5.73 Å². The summed E-state index contributed by atoms with van der Waals surface area (Å²) in [6.45, 7) is 3.77. The number of anilines is 1. The fourth-order valence-electron chi connectivity index (χ4n) is 0.732. The Hall–Kier alpha value is -1.25. The predicted molar refractivity (Wildman–Crippen MR) is 48.2 cm³/mol. The maximum absolute atomic E-state index is 5.40.